The lowest BCUT2D eigenvalue weighted by Crippen LogP contribution is -2.34. The van der Waals surface area contributed by atoms with Gasteiger partial charge in [-0.1, -0.05) is 34.1 Å². The molecule has 3 N–H and O–H groups in total. The van der Waals surface area contributed by atoms with Crippen molar-refractivity contribution in [1.29, 1.82) is 0 Å². The maximum atomic E-state index is 12.2. The van der Waals surface area contributed by atoms with Gasteiger partial charge < -0.3 is 20.7 Å². The summed E-state index contributed by atoms with van der Waals surface area (Å²) in [5, 5.41) is 8.17. The maximum absolute atomic E-state index is 12.2. The Labute approximate surface area is 184 Å². The lowest BCUT2D eigenvalue weighted by molar-refractivity contribution is -0.116. The summed E-state index contributed by atoms with van der Waals surface area (Å²) < 4.78 is 5.95. The number of hydrogen-bond donors (Lipinski definition) is 3. The summed E-state index contributed by atoms with van der Waals surface area (Å²) in [7, 11) is 0. The minimum atomic E-state index is -0.578. The van der Waals surface area contributed by atoms with Gasteiger partial charge in [-0.25, -0.2) is 4.79 Å². The molecule has 0 fully saturated rings. The smallest absolute Gasteiger partial charge is 0.407 e. The van der Waals surface area contributed by atoms with Crippen LogP contribution in [0.5, 0.6) is 0 Å². The topological polar surface area (TPSA) is 96.5 Å². The minimum absolute atomic E-state index is 0.129. The lowest BCUT2D eigenvalue weighted by Gasteiger charge is -2.19. The SMILES string of the molecule is CC(C)(C)OC(=O)NCCC(=O)Nc1ccc(CNC(=O)c2cccc(Br)c2)cc1. The second kappa shape index (κ2) is 10.8. The van der Waals surface area contributed by atoms with Crippen molar-refractivity contribution >= 4 is 39.5 Å². The highest BCUT2D eigenvalue weighted by Crippen LogP contribution is 2.13. The van der Waals surface area contributed by atoms with Crippen molar-refractivity contribution in [2.75, 3.05) is 11.9 Å². The van der Waals surface area contributed by atoms with Gasteiger partial charge in [0.05, 0.1) is 0 Å². The summed E-state index contributed by atoms with van der Waals surface area (Å²) in [6, 6.07) is 14.4. The number of halogens is 1. The van der Waals surface area contributed by atoms with E-state index in [4.69, 9.17) is 4.74 Å². The highest BCUT2D eigenvalue weighted by Gasteiger charge is 2.15. The Morgan fingerprint density at radius 1 is 1.00 bits per heavy atom. The zero-order valence-corrected chi connectivity index (χ0v) is 18.8. The molecule has 0 aromatic heterocycles. The van der Waals surface area contributed by atoms with Crippen LogP contribution in [0, 0.1) is 0 Å². The third kappa shape index (κ3) is 8.65. The van der Waals surface area contributed by atoms with Crippen LogP contribution in [-0.4, -0.2) is 30.1 Å². The average molecular weight is 476 g/mol. The van der Waals surface area contributed by atoms with Gasteiger partial charge >= 0.3 is 6.09 Å². The van der Waals surface area contributed by atoms with Gasteiger partial charge in [0.25, 0.3) is 5.91 Å². The van der Waals surface area contributed by atoms with Crippen LogP contribution in [0.3, 0.4) is 0 Å². The van der Waals surface area contributed by atoms with Gasteiger partial charge in [0.2, 0.25) is 5.91 Å². The van der Waals surface area contributed by atoms with E-state index in [2.05, 4.69) is 31.9 Å². The first kappa shape index (κ1) is 23.4. The molecule has 2 aromatic rings. The second-order valence-electron chi connectivity index (χ2n) is 7.62. The van der Waals surface area contributed by atoms with E-state index in [9.17, 15) is 14.4 Å². The first-order chi connectivity index (χ1) is 14.1. The van der Waals surface area contributed by atoms with E-state index in [0.717, 1.165) is 10.0 Å². The van der Waals surface area contributed by atoms with Crippen LogP contribution in [0.2, 0.25) is 0 Å². The molecule has 8 heteroatoms. The average Bonchev–Trinajstić information content (AvgIpc) is 2.65. The van der Waals surface area contributed by atoms with Crippen LogP contribution < -0.4 is 16.0 Å². The standard InChI is InChI=1S/C22H26BrN3O4/c1-22(2,3)30-21(29)24-12-11-19(27)26-18-9-7-15(8-10-18)14-25-20(28)16-5-4-6-17(23)13-16/h4-10,13H,11-12,14H2,1-3H3,(H,24,29)(H,25,28)(H,26,27). The molecule has 0 aliphatic carbocycles. The number of carbonyl (C=O) groups excluding carboxylic acids is 3. The molecule has 2 aromatic carbocycles. The minimum Gasteiger partial charge on any atom is -0.444 e. The van der Waals surface area contributed by atoms with Crippen molar-refractivity contribution in [1.82, 2.24) is 10.6 Å². The molecule has 3 amide bonds. The molecule has 0 aliphatic rings. The van der Waals surface area contributed by atoms with Crippen LogP contribution in [0.1, 0.15) is 43.1 Å². The number of hydrogen-bond acceptors (Lipinski definition) is 4. The molecule has 7 nitrogen and oxygen atoms in total. The third-order valence-electron chi connectivity index (χ3n) is 3.80. The van der Waals surface area contributed by atoms with E-state index < -0.39 is 11.7 Å². The number of benzene rings is 2. The number of ether oxygens (including phenoxy) is 1. The second-order valence-corrected chi connectivity index (χ2v) is 8.53. The Morgan fingerprint density at radius 2 is 1.70 bits per heavy atom. The van der Waals surface area contributed by atoms with Gasteiger partial charge in [0.15, 0.2) is 0 Å². The molecule has 0 unspecified atom stereocenters. The number of anilines is 1. The van der Waals surface area contributed by atoms with E-state index in [-0.39, 0.29) is 24.8 Å². The summed E-state index contributed by atoms with van der Waals surface area (Å²) in [6.45, 7) is 5.87. The Kier molecular flexibility index (Phi) is 8.41. The molecule has 2 rings (SSSR count). The van der Waals surface area contributed by atoms with Crippen LogP contribution in [0.25, 0.3) is 0 Å². The summed E-state index contributed by atoms with van der Waals surface area (Å²) in [5.41, 5.74) is 1.54. The molecule has 0 saturated heterocycles. The van der Waals surface area contributed by atoms with Crippen molar-refractivity contribution in [3.05, 3.63) is 64.1 Å². The first-order valence-corrected chi connectivity index (χ1v) is 10.3. The first-order valence-electron chi connectivity index (χ1n) is 9.52. The van der Waals surface area contributed by atoms with Gasteiger partial charge in [-0.3, -0.25) is 9.59 Å². The fourth-order valence-corrected chi connectivity index (χ4v) is 2.84. The van der Waals surface area contributed by atoms with E-state index >= 15 is 0 Å². The summed E-state index contributed by atoms with van der Waals surface area (Å²) in [6.07, 6.45) is -0.423. The Bertz CT molecular complexity index is 892. The predicted octanol–water partition coefficient (Wildman–Crippen LogP) is 4.23. The van der Waals surface area contributed by atoms with Gasteiger partial charge in [-0.05, 0) is 56.7 Å². The highest BCUT2D eigenvalue weighted by atomic mass is 79.9. The number of amides is 3. The molecule has 0 aliphatic heterocycles. The molecule has 0 atom stereocenters. The van der Waals surface area contributed by atoms with Crippen LogP contribution in [-0.2, 0) is 16.1 Å². The molecule has 0 radical (unpaired) electrons. The maximum Gasteiger partial charge on any atom is 0.407 e. The molecule has 0 bridgehead atoms. The Morgan fingerprint density at radius 3 is 2.33 bits per heavy atom. The molecule has 0 spiro atoms. The van der Waals surface area contributed by atoms with Crippen molar-refractivity contribution in [3.63, 3.8) is 0 Å². The van der Waals surface area contributed by atoms with Gasteiger partial charge in [0.1, 0.15) is 5.60 Å². The Balaban J connectivity index is 1.74. The quantitative estimate of drug-likeness (QED) is 0.557. The lowest BCUT2D eigenvalue weighted by atomic mass is 10.2. The number of carbonyl (C=O) groups is 3. The van der Waals surface area contributed by atoms with Crippen molar-refractivity contribution in [2.24, 2.45) is 0 Å². The van der Waals surface area contributed by atoms with E-state index in [1.807, 2.05) is 18.2 Å². The third-order valence-corrected chi connectivity index (χ3v) is 4.29. The van der Waals surface area contributed by atoms with Gasteiger partial charge in [-0.2, -0.15) is 0 Å². The largest absolute Gasteiger partial charge is 0.444 e. The van der Waals surface area contributed by atoms with Crippen molar-refractivity contribution in [2.45, 2.75) is 39.3 Å². The van der Waals surface area contributed by atoms with E-state index in [0.29, 0.717) is 17.8 Å². The summed E-state index contributed by atoms with van der Waals surface area (Å²) in [4.78, 5) is 35.7. The summed E-state index contributed by atoms with van der Waals surface area (Å²) in [5.74, 6) is -0.382. The van der Waals surface area contributed by atoms with Crippen LogP contribution in [0.15, 0.2) is 53.0 Å². The zero-order valence-electron chi connectivity index (χ0n) is 17.3. The Hall–Kier alpha value is -2.87. The molecule has 0 saturated carbocycles. The van der Waals surface area contributed by atoms with E-state index in [1.54, 1.807) is 51.1 Å². The monoisotopic (exact) mass is 475 g/mol. The fraction of sp³-hybridized carbons (Fsp3) is 0.318. The van der Waals surface area contributed by atoms with Crippen LogP contribution in [0.4, 0.5) is 10.5 Å². The zero-order chi connectivity index (χ0) is 22.1. The van der Waals surface area contributed by atoms with Gasteiger partial charge in [0, 0.05) is 35.2 Å². The molecule has 0 heterocycles. The summed E-state index contributed by atoms with van der Waals surface area (Å²) >= 11 is 3.35. The predicted molar refractivity (Wildman–Crippen MR) is 119 cm³/mol. The fourth-order valence-electron chi connectivity index (χ4n) is 2.44. The van der Waals surface area contributed by atoms with Crippen LogP contribution >= 0.6 is 15.9 Å². The molecular formula is C22H26BrN3O4. The number of alkyl carbamates (subject to hydrolysis) is 1. The highest BCUT2D eigenvalue weighted by molar-refractivity contribution is 9.10. The van der Waals surface area contributed by atoms with Crippen molar-refractivity contribution < 1.29 is 19.1 Å². The van der Waals surface area contributed by atoms with Crippen molar-refractivity contribution in [3.8, 4) is 0 Å². The molecule has 30 heavy (non-hydrogen) atoms. The van der Waals surface area contributed by atoms with Gasteiger partial charge in [-0.15, -0.1) is 0 Å². The molecular weight excluding hydrogens is 450 g/mol. The van der Waals surface area contributed by atoms with E-state index in [1.165, 1.54) is 0 Å². The normalized spacial score (nSPS) is 10.8. The number of nitrogens with one attached hydrogen (secondary N) is 3. The number of rotatable bonds is 7. The molecule has 160 valence electrons.